The summed E-state index contributed by atoms with van der Waals surface area (Å²) in [6.07, 6.45) is 4.02. The molecule has 0 bridgehead atoms. The summed E-state index contributed by atoms with van der Waals surface area (Å²) in [4.78, 5) is 44.0. The highest BCUT2D eigenvalue weighted by molar-refractivity contribution is 6.24. The van der Waals surface area contributed by atoms with Gasteiger partial charge in [0.25, 0.3) is 0 Å². The molecule has 1 atom stereocenters. The van der Waals surface area contributed by atoms with Crippen molar-refractivity contribution < 1.29 is 23.9 Å². The zero-order chi connectivity index (χ0) is 27.1. The van der Waals surface area contributed by atoms with Crippen LogP contribution in [0.15, 0.2) is 84.1 Å². The Balaban J connectivity index is 1.37. The number of nitrogens with one attached hydrogen (secondary N) is 1. The molecule has 3 aromatic carbocycles. The molecule has 2 amide bonds. The summed E-state index contributed by atoms with van der Waals surface area (Å²) in [7, 11) is 0. The first-order chi connectivity index (χ1) is 18.9. The Bertz CT molecular complexity index is 1650. The molecule has 0 saturated heterocycles. The number of carbonyl (C=O) groups is 3. The second kappa shape index (κ2) is 9.64. The molecule has 1 aromatic heterocycles. The number of aromatic nitrogens is 2. The number of nitrogens with zero attached hydrogens (tertiary/aromatic N) is 4. The zero-order valence-electron chi connectivity index (χ0n) is 20.5. The molecular formula is C29H22FN5O4. The molecule has 0 spiro atoms. The first kappa shape index (κ1) is 24.2. The molecular weight excluding hydrogens is 501 g/mol. The SMILES string of the molecule is O=C(O)c1ccc2c(c1)NC(=O)C2C(=Nc1ccc2c(c1)CCN2C(=O)Cn1cccn1)c1ccc(F)cc1. The maximum absolute atomic E-state index is 13.7. The van der Waals surface area contributed by atoms with Gasteiger partial charge in [0.2, 0.25) is 11.8 Å². The molecule has 0 fully saturated rings. The molecule has 2 N–H and O–H groups in total. The van der Waals surface area contributed by atoms with Gasteiger partial charge in [0, 0.05) is 30.3 Å². The number of anilines is 2. The Labute approximate surface area is 222 Å². The van der Waals surface area contributed by atoms with Crippen molar-refractivity contribution in [2.24, 2.45) is 4.99 Å². The standard InChI is InChI=1S/C29H22FN5O4/c30-20-5-2-17(3-6-20)27(26-22-8-4-19(29(38)39)15-23(22)33-28(26)37)32-21-7-9-24-18(14-21)10-13-35(24)25(36)16-34-12-1-11-31-34/h1-9,11-12,14-15,26H,10,13,16H2,(H,33,37)(H,38,39). The highest BCUT2D eigenvalue weighted by Gasteiger charge is 2.36. The van der Waals surface area contributed by atoms with Gasteiger partial charge in [0.1, 0.15) is 18.3 Å². The number of halogens is 1. The third-order valence-corrected chi connectivity index (χ3v) is 6.91. The number of aliphatic imine (C=N–C) groups is 1. The van der Waals surface area contributed by atoms with Crippen LogP contribution in [-0.2, 0) is 22.6 Å². The fourth-order valence-electron chi connectivity index (χ4n) is 5.06. The number of aromatic carboxylic acids is 1. The molecule has 4 aromatic rings. The van der Waals surface area contributed by atoms with Crippen molar-refractivity contribution in [3.05, 3.63) is 107 Å². The van der Waals surface area contributed by atoms with Crippen molar-refractivity contribution in [1.82, 2.24) is 9.78 Å². The number of rotatable bonds is 6. The summed E-state index contributed by atoms with van der Waals surface area (Å²) >= 11 is 0. The summed E-state index contributed by atoms with van der Waals surface area (Å²) in [5.74, 6) is -2.77. The number of carboxylic acid groups (broad SMARTS) is 1. The van der Waals surface area contributed by atoms with E-state index in [0.29, 0.717) is 41.2 Å². The van der Waals surface area contributed by atoms with E-state index in [1.54, 1.807) is 52.3 Å². The molecule has 2 aliphatic heterocycles. The molecule has 3 heterocycles. The number of benzene rings is 3. The molecule has 194 valence electrons. The number of carbonyl (C=O) groups excluding carboxylic acids is 2. The normalized spacial score (nSPS) is 16.1. The van der Waals surface area contributed by atoms with Gasteiger partial charge in [-0.2, -0.15) is 5.10 Å². The second-order valence-electron chi connectivity index (χ2n) is 9.35. The van der Waals surface area contributed by atoms with Gasteiger partial charge in [-0.3, -0.25) is 19.3 Å². The third-order valence-electron chi connectivity index (χ3n) is 6.91. The Hall–Kier alpha value is -5.12. The molecule has 9 nitrogen and oxygen atoms in total. The third kappa shape index (κ3) is 4.56. The lowest BCUT2D eigenvalue weighted by Crippen LogP contribution is -2.32. The van der Waals surface area contributed by atoms with E-state index in [4.69, 9.17) is 4.99 Å². The van der Waals surface area contributed by atoms with Crippen LogP contribution in [0.4, 0.5) is 21.5 Å². The lowest BCUT2D eigenvalue weighted by molar-refractivity contribution is -0.119. The van der Waals surface area contributed by atoms with Crippen molar-refractivity contribution in [3.63, 3.8) is 0 Å². The van der Waals surface area contributed by atoms with Gasteiger partial charge in [0.15, 0.2) is 0 Å². The van der Waals surface area contributed by atoms with E-state index in [0.717, 1.165) is 11.3 Å². The van der Waals surface area contributed by atoms with Crippen molar-refractivity contribution in [3.8, 4) is 0 Å². The average Bonchev–Trinajstić information content (AvgIpc) is 3.65. The van der Waals surface area contributed by atoms with Crippen molar-refractivity contribution >= 4 is 40.6 Å². The number of fused-ring (bicyclic) bond motifs is 2. The molecule has 6 rings (SSSR count). The smallest absolute Gasteiger partial charge is 0.335 e. The minimum Gasteiger partial charge on any atom is -0.478 e. The van der Waals surface area contributed by atoms with Crippen LogP contribution in [0.3, 0.4) is 0 Å². The summed E-state index contributed by atoms with van der Waals surface area (Å²) in [6, 6.07) is 17.5. The van der Waals surface area contributed by atoms with Crippen molar-refractivity contribution in [1.29, 1.82) is 0 Å². The van der Waals surface area contributed by atoms with Crippen LogP contribution in [0.5, 0.6) is 0 Å². The van der Waals surface area contributed by atoms with Gasteiger partial charge in [-0.15, -0.1) is 0 Å². The van der Waals surface area contributed by atoms with E-state index in [1.165, 1.54) is 24.3 Å². The van der Waals surface area contributed by atoms with Gasteiger partial charge in [-0.05, 0) is 71.6 Å². The van der Waals surface area contributed by atoms with Gasteiger partial charge in [-0.1, -0.05) is 18.2 Å². The highest BCUT2D eigenvalue weighted by atomic mass is 19.1. The van der Waals surface area contributed by atoms with Crippen LogP contribution < -0.4 is 10.2 Å². The quantitative estimate of drug-likeness (QED) is 0.368. The van der Waals surface area contributed by atoms with Crippen LogP contribution in [0.2, 0.25) is 0 Å². The van der Waals surface area contributed by atoms with E-state index in [1.807, 2.05) is 12.1 Å². The highest BCUT2D eigenvalue weighted by Crippen LogP contribution is 2.38. The van der Waals surface area contributed by atoms with Crippen LogP contribution >= 0.6 is 0 Å². The first-order valence-corrected chi connectivity index (χ1v) is 12.3. The Morgan fingerprint density at radius 2 is 1.87 bits per heavy atom. The molecule has 2 aliphatic rings. The molecule has 0 aliphatic carbocycles. The van der Waals surface area contributed by atoms with Crippen LogP contribution in [0, 0.1) is 5.82 Å². The monoisotopic (exact) mass is 523 g/mol. The van der Waals surface area contributed by atoms with Crippen molar-refractivity contribution in [2.45, 2.75) is 18.9 Å². The zero-order valence-corrected chi connectivity index (χ0v) is 20.5. The fourth-order valence-corrected chi connectivity index (χ4v) is 5.06. The lowest BCUT2D eigenvalue weighted by Gasteiger charge is -2.18. The Kier molecular flexibility index (Phi) is 5.99. The average molecular weight is 524 g/mol. The van der Waals surface area contributed by atoms with Gasteiger partial charge in [0.05, 0.1) is 17.0 Å². The van der Waals surface area contributed by atoms with Crippen LogP contribution in [0.25, 0.3) is 0 Å². The van der Waals surface area contributed by atoms with Crippen LogP contribution in [0.1, 0.15) is 33.0 Å². The predicted octanol–water partition coefficient (Wildman–Crippen LogP) is 4.17. The summed E-state index contributed by atoms with van der Waals surface area (Å²) in [5, 5.41) is 16.2. The van der Waals surface area contributed by atoms with Crippen molar-refractivity contribution in [2.75, 3.05) is 16.8 Å². The van der Waals surface area contributed by atoms with E-state index in [9.17, 15) is 23.9 Å². The largest absolute Gasteiger partial charge is 0.478 e. The minimum atomic E-state index is -1.10. The summed E-state index contributed by atoms with van der Waals surface area (Å²) in [5.41, 5.74) is 4.34. The van der Waals surface area contributed by atoms with Gasteiger partial charge < -0.3 is 15.3 Å². The second-order valence-corrected chi connectivity index (χ2v) is 9.35. The van der Waals surface area contributed by atoms with Gasteiger partial charge in [-0.25, -0.2) is 9.18 Å². The maximum atomic E-state index is 13.7. The van der Waals surface area contributed by atoms with E-state index < -0.39 is 17.7 Å². The van der Waals surface area contributed by atoms with Gasteiger partial charge >= 0.3 is 5.97 Å². The first-order valence-electron chi connectivity index (χ1n) is 12.3. The van der Waals surface area contributed by atoms with E-state index in [2.05, 4.69) is 10.4 Å². The molecule has 1 unspecified atom stereocenters. The molecule has 0 radical (unpaired) electrons. The summed E-state index contributed by atoms with van der Waals surface area (Å²) < 4.78 is 15.3. The topological polar surface area (TPSA) is 117 Å². The Morgan fingerprint density at radius 1 is 1.08 bits per heavy atom. The molecule has 39 heavy (non-hydrogen) atoms. The number of amides is 2. The maximum Gasteiger partial charge on any atom is 0.335 e. The lowest BCUT2D eigenvalue weighted by atomic mass is 9.90. The number of hydrogen-bond acceptors (Lipinski definition) is 5. The van der Waals surface area contributed by atoms with E-state index in [-0.39, 0.29) is 23.9 Å². The minimum absolute atomic E-state index is 0.0558. The Morgan fingerprint density at radius 3 is 2.62 bits per heavy atom. The number of carboxylic acids is 1. The van der Waals surface area contributed by atoms with Crippen LogP contribution in [-0.4, -0.2) is 44.9 Å². The number of hydrogen-bond donors (Lipinski definition) is 2. The fraction of sp³-hybridized carbons (Fsp3) is 0.138. The molecule has 10 heteroatoms. The molecule has 0 saturated carbocycles. The van der Waals surface area contributed by atoms with E-state index >= 15 is 0 Å². The predicted molar refractivity (Wildman–Crippen MR) is 142 cm³/mol. The summed E-state index contributed by atoms with van der Waals surface area (Å²) in [6.45, 7) is 0.679.